The van der Waals surface area contributed by atoms with Crippen molar-refractivity contribution in [2.24, 2.45) is 5.92 Å². The molecule has 1 aromatic heterocycles. The van der Waals surface area contributed by atoms with Crippen LogP contribution in [0.25, 0.3) is 0 Å². The van der Waals surface area contributed by atoms with Gasteiger partial charge >= 0.3 is 12.1 Å². The predicted molar refractivity (Wildman–Crippen MR) is 70.1 cm³/mol. The number of nitrogens with zero attached hydrogens (tertiary/aromatic N) is 3. The standard InChI is InChI=1S/C13H16F3N3O2/c14-13(15,16)10(12(20)21)9-18-5-7-19(8-6-18)11-3-1-2-4-17-11/h1-4,10H,5-9H2,(H,20,21). The van der Waals surface area contributed by atoms with E-state index in [1.165, 1.54) is 4.90 Å². The van der Waals surface area contributed by atoms with Crippen molar-refractivity contribution in [1.82, 2.24) is 9.88 Å². The first-order chi connectivity index (χ1) is 9.88. The van der Waals surface area contributed by atoms with Crippen molar-refractivity contribution in [2.75, 3.05) is 37.6 Å². The zero-order valence-electron chi connectivity index (χ0n) is 11.3. The number of hydrogen-bond acceptors (Lipinski definition) is 4. The van der Waals surface area contributed by atoms with Crippen molar-refractivity contribution in [3.63, 3.8) is 0 Å². The van der Waals surface area contributed by atoms with Gasteiger partial charge in [-0.1, -0.05) is 6.07 Å². The third-order valence-electron chi connectivity index (χ3n) is 3.48. The van der Waals surface area contributed by atoms with Crippen molar-refractivity contribution < 1.29 is 23.1 Å². The van der Waals surface area contributed by atoms with Crippen LogP contribution in [0.4, 0.5) is 19.0 Å². The number of hydrogen-bond donors (Lipinski definition) is 1. The molecule has 21 heavy (non-hydrogen) atoms. The molecule has 116 valence electrons. The maximum atomic E-state index is 12.6. The van der Waals surface area contributed by atoms with Crippen LogP contribution in [0.5, 0.6) is 0 Å². The zero-order valence-corrected chi connectivity index (χ0v) is 11.3. The summed E-state index contributed by atoms with van der Waals surface area (Å²) >= 11 is 0. The van der Waals surface area contributed by atoms with Crippen LogP contribution in [-0.2, 0) is 4.79 Å². The van der Waals surface area contributed by atoms with Gasteiger partial charge in [0.2, 0.25) is 0 Å². The number of carbonyl (C=O) groups is 1. The monoisotopic (exact) mass is 303 g/mol. The van der Waals surface area contributed by atoms with Crippen LogP contribution in [-0.4, -0.2) is 59.9 Å². The highest BCUT2D eigenvalue weighted by molar-refractivity contribution is 5.71. The minimum absolute atomic E-state index is 0.385. The smallest absolute Gasteiger partial charge is 0.403 e. The fourth-order valence-electron chi connectivity index (χ4n) is 2.28. The minimum atomic E-state index is -4.72. The quantitative estimate of drug-likeness (QED) is 0.913. The Morgan fingerprint density at radius 1 is 1.29 bits per heavy atom. The lowest BCUT2D eigenvalue weighted by molar-refractivity contribution is -0.196. The van der Waals surface area contributed by atoms with Crippen LogP contribution in [0.2, 0.25) is 0 Å². The molecule has 5 nitrogen and oxygen atoms in total. The summed E-state index contributed by atoms with van der Waals surface area (Å²) < 4.78 is 37.9. The first-order valence-corrected chi connectivity index (χ1v) is 6.56. The van der Waals surface area contributed by atoms with E-state index in [9.17, 15) is 18.0 Å². The predicted octanol–water partition coefficient (Wildman–Crippen LogP) is 1.47. The van der Waals surface area contributed by atoms with Gasteiger partial charge in [0.25, 0.3) is 0 Å². The lowest BCUT2D eigenvalue weighted by Crippen LogP contribution is -2.50. The maximum Gasteiger partial charge on any atom is 0.403 e. The highest BCUT2D eigenvalue weighted by Crippen LogP contribution is 2.27. The number of alkyl halides is 3. The summed E-state index contributed by atoms with van der Waals surface area (Å²) in [5.74, 6) is -3.38. The van der Waals surface area contributed by atoms with Gasteiger partial charge in [0.15, 0.2) is 5.92 Å². The number of anilines is 1. The van der Waals surface area contributed by atoms with E-state index in [1.807, 2.05) is 17.0 Å². The molecule has 0 bridgehead atoms. The second-order valence-electron chi connectivity index (χ2n) is 4.91. The summed E-state index contributed by atoms with van der Waals surface area (Å²) in [5, 5.41) is 8.70. The largest absolute Gasteiger partial charge is 0.481 e. The molecule has 1 fully saturated rings. The summed E-state index contributed by atoms with van der Waals surface area (Å²) in [7, 11) is 0. The molecule has 0 amide bonds. The minimum Gasteiger partial charge on any atom is -0.481 e. The fourth-order valence-corrected chi connectivity index (χ4v) is 2.28. The molecule has 0 spiro atoms. The Morgan fingerprint density at radius 3 is 2.43 bits per heavy atom. The van der Waals surface area contributed by atoms with Crippen molar-refractivity contribution >= 4 is 11.8 Å². The molecule has 1 aromatic rings. The highest BCUT2D eigenvalue weighted by Gasteiger charge is 2.46. The van der Waals surface area contributed by atoms with Gasteiger partial charge in [0, 0.05) is 38.9 Å². The maximum absolute atomic E-state index is 12.6. The first kappa shape index (κ1) is 15.6. The van der Waals surface area contributed by atoms with Gasteiger partial charge in [-0.25, -0.2) is 4.98 Å². The van der Waals surface area contributed by atoms with Gasteiger partial charge in [-0.2, -0.15) is 13.2 Å². The summed E-state index contributed by atoms with van der Waals surface area (Å²) in [6.45, 7) is 1.32. The van der Waals surface area contributed by atoms with Crippen LogP contribution < -0.4 is 4.90 Å². The number of carboxylic acids is 1. The van der Waals surface area contributed by atoms with E-state index >= 15 is 0 Å². The molecule has 1 unspecified atom stereocenters. The third kappa shape index (κ3) is 4.07. The van der Waals surface area contributed by atoms with E-state index in [2.05, 4.69) is 4.98 Å². The Morgan fingerprint density at radius 2 is 1.95 bits per heavy atom. The Bertz CT molecular complexity index is 473. The molecule has 0 saturated carbocycles. The highest BCUT2D eigenvalue weighted by atomic mass is 19.4. The third-order valence-corrected chi connectivity index (χ3v) is 3.48. The van der Waals surface area contributed by atoms with Gasteiger partial charge in [0.1, 0.15) is 5.82 Å². The summed E-state index contributed by atoms with van der Waals surface area (Å²) in [6, 6.07) is 5.48. The second kappa shape index (κ2) is 6.30. The molecule has 2 heterocycles. The fraction of sp³-hybridized carbons (Fsp3) is 0.538. The molecule has 1 aliphatic rings. The van der Waals surface area contributed by atoms with Crippen molar-refractivity contribution in [2.45, 2.75) is 6.18 Å². The van der Waals surface area contributed by atoms with E-state index in [0.717, 1.165) is 5.82 Å². The van der Waals surface area contributed by atoms with Crippen LogP contribution >= 0.6 is 0 Å². The van der Waals surface area contributed by atoms with E-state index in [1.54, 1.807) is 12.3 Å². The average Bonchev–Trinajstić information content (AvgIpc) is 2.45. The van der Waals surface area contributed by atoms with Gasteiger partial charge in [-0.15, -0.1) is 0 Å². The van der Waals surface area contributed by atoms with Crippen LogP contribution in [0.1, 0.15) is 0 Å². The number of pyridine rings is 1. The van der Waals surface area contributed by atoms with Gasteiger partial charge in [-0.05, 0) is 12.1 Å². The summed E-state index contributed by atoms with van der Waals surface area (Å²) in [5.41, 5.74) is 0. The molecule has 0 aliphatic carbocycles. The van der Waals surface area contributed by atoms with E-state index in [0.29, 0.717) is 26.2 Å². The molecule has 0 radical (unpaired) electrons. The van der Waals surface area contributed by atoms with Gasteiger partial charge in [0.05, 0.1) is 0 Å². The number of halogens is 3. The van der Waals surface area contributed by atoms with Gasteiger partial charge < -0.3 is 10.0 Å². The normalized spacial score (nSPS) is 18.5. The molecule has 1 N–H and O–H groups in total. The molecule has 2 rings (SSSR count). The second-order valence-corrected chi connectivity index (χ2v) is 4.91. The molecule has 1 atom stereocenters. The van der Waals surface area contributed by atoms with Crippen LogP contribution in [0, 0.1) is 5.92 Å². The molecule has 1 saturated heterocycles. The summed E-state index contributed by atoms with van der Waals surface area (Å²) in [4.78, 5) is 18.4. The summed E-state index contributed by atoms with van der Waals surface area (Å²) in [6.07, 6.45) is -3.06. The molecular formula is C13H16F3N3O2. The van der Waals surface area contributed by atoms with Crippen LogP contribution in [0.15, 0.2) is 24.4 Å². The zero-order chi connectivity index (χ0) is 15.5. The lowest BCUT2D eigenvalue weighted by atomic mass is 10.1. The molecule has 8 heteroatoms. The molecule has 0 aromatic carbocycles. The average molecular weight is 303 g/mol. The number of rotatable bonds is 4. The van der Waals surface area contributed by atoms with E-state index in [-0.39, 0.29) is 0 Å². The topological polar surface area (TPSA) is 56.7 Å². The Kier molecular flexibility index (Phi) is 4.66. The van der Waals surface area contributed by atoms with Crippen molar-refractivity contribution in [3.05, 3.63) is 24.4 Å². The van der Waals surface area contributed by atoms with Crippen molar-refractivity contribution in [1.29, 1.82) is 0 Å². The number of carboxylic acid groups (broad SMARTS) is 1. The number of piperazine rings is 1. The SMILES string of the molecule is O=C(O)C(CN1CCN(c2ccccn2)CC1)C(F)(F)F. The van der Waals surface area contributed by atoms with Gasteiger partial charge in [-0.3, -0.25) is 9.69 Å². The number of aromatic nitrogens is 1. The van der Waals surface area contributed by atoms with Crippen LogP contribution in [0.3, 0.4) is 0 Å². The molecular weight excluding hydrogens is 287 g/mol. The lowest BCUT2D eigenvalue weighted by Gasteiger charge is -2.36. The first-order valence-electron chi connectivity index (χ1n) is 6.56. The number of aliphatic carboxylic acids is 1. The Balaban J connectivity index is 1.91. The van der Waals surface area contributed by atoms with Crippen molar-refractivity contribution in [3.8, 4) is 0 Å². The molecule has 1 aliphatic heterocycles. The Labute approximate surface area is 120 Å². The van der Waals surface area contributed by atoms with E-state index in [4.69, 9.17) is 5.11 Å². The Hall–Kier alpha value is -1.83. The van der Waals surface area contributed by atoms with E-state index < -0.39 is 24.6 Å².